The smallest absolute Gasteiger partial charge is 0.136 e. The van der Waals surface area contributed by atoms with Gasteiger partial charge in [-0.1, -0.05) is 91.0 Å². The third kappa shape index (κ3) is 3.86. The minimum Gasteiger partial charge on any atom is -0.456 e. The number of rotatable bonds is 4. The van der Waals surface area contributed by atoms with Gasteiger partial charge in [-0.25, -0.2) is 0 Å². The number of benzene rings is 7. The van der Waals surface area contributed by atoms with Gasteiger partial charge in [-0.3, -0.25) is 0 Å². The van der Waals surface area contributed by atoms with E-state index in [1.165, 1.54) is 53.1 Å². The molecule has 0 atom stereocenters. The summed E-state index contributed by atoms with van der Waals surface area (Å²) >= 11 is 1.85. The van der Waals surface area contributed by atoms with Crippen molar-refractivity contribution in [3.05, 3.63) is 152 Å². The molecule has 0 radical (unpaired) electrons. The van der Waals surface area contributed by atoms with E-state index in [4.69, 9.17) is 4.42 Å². The van der Waals surface area contributed by atoms with Gasteiger partial charge in [0.15, 0.2) is 0 Å². The van der Waals surface area contributed by atoms with Crippen LogP contribution in [0.25, 0.3) is 64.0 Å². The maximum atomic E-state index is 6.18. The van der Waals surface area contributed by atoms with Crippen LogP contribution in [0.1, 0.15) is 0 Å². The Kier molecular flexibility index (Phi) is 5.40. The fourth-order valence-corrected chi connectivity index (χ4v) is 7.60. The lowest BCUT2D eigenvalue weighted by Crippen LogP contribution is -2.10. The number of fused-ring (bicyclic) bond motifs is 8. The first-order valence-electron chi connectivity index (χ1n) is 14.5. The fourth-order valence-electron chi connectivity index (χ4n) is 6.47. The Bertz CT molecular complexity index is 2450. The molecule has 9 aromatic rings. The predicted molar refractivity (Wildman–Crippen MR) is 184 cm³/mol. The minimum atomic E-state index is 0.925. The summed E-state index contributed by atoms with van der Waals surface area (Å²) in [6.45, 7) is 0. The van der Waals surface area contributed by atoms with Gasteiger partial charge in [-0.2, -0.15) is 0 Å². The predicted octanol–water partition coefficient (Wildman–Crippen LogP) is 12.2. The molecule has 202 valence electrons. The molecule has 2 nitrogen and oxygen atoms in total. The highest BCUT2D eigenvalue weighted by molar-refractivity contribution is 7.26. The first-order valence-corrected chi connectivity index (χ1v) is 15.3. The number of nitrogens with zero attached hydrogens (tertiary/aromatic N) is 1. The van der Waals surface area contributed by atoms with E-state index in [9.17, 15) is 0 Å². The van der Waals surface area contributed by atoms with Crippen LogP contribution in [0.5, 0.6) is 0 Å². The average molecular weight is 568 g/mol. The zero-order valence-corrected chi connectivity index (χ0v) is 24.0. The van der Waals surface area contributed by atoms with Crippen molar-refractivity contribution in [1.82, 2.24) is 0 Å². The highest BCUT2D eigenvalue weighted by Gasteiger charge is 2.18. The van der Waals surface area contributed by atoms with Gasteiger partial charge in [-0.05, 0) is 82.6 Å². The lowest BCUT2D eigenvalue weighted by atomic mass is 9.98. The summed E-state index contributed by atoms with van der Waals surface area (Å²) in [5.74, 6) is 0. The molecular weight excluding hydrogens is 543 g/mol. The Morgan fingerprint density at radius 1 is 0.442 bits per heavy atom. The Morgan fingerprint density at radius 3 is 2.02 bits per heavy atom. The molecule has 0 unspecified atom stereocenters. The van der Waals surface area contributed by atoms with E-state index in [2.05, 4.69) is 144 Å². The molecule has 0 bridgehead atoms. The topological polar surface area (TPSA) is 16.4 Å². The number of hydrogen-bond donors (Lipinski definition) is 0. The molecule has 0 N–H and O–H groups in total. The first-order chi connectivity index (χ1) is 21.3. The molecule has 2 aromatic heterocycles. The molecule has 0 saturated carbocycles. The van der Waals surface area contributed by atoms with Crippen LogP contribution in [-0.2, 0) is 0 Å². The highest BCUT2D eigenvalue weighted by Crippen LogP contribution is 2.45. The van der Waals surface area contributed by atoms with Crippen molar-refractivity contribution in [3.8, 4) is 11.1 Å². The second-order valence-corrected chi connectivity index (χ2v) is 12.0. The third-order valence-electron chi connectivity index (χ3n) is 8.45. The molecule has 9 rings (SSSR count). The Labute approximate surface area is 252 Å². The summed E-state index contributed by atoms with van der Waals surface area (Å²) in [7, 11) is 0. The Morgan fingerprint density at radius 2 is 1.14 bits per heavy atom. The van der Waals surface area contributed by atoms with Crippen molar-refractivity contribution < 1.29 is 4.42 Å². The van der Waals surface area contributed by atoms with Crippen molar-refractivity contribution in [2.24, 2.45) is 0 Å². The van der Waals surface area contributed by atoms with Gasteiger partial charge >= 0.3 is 0 Å². The standard InChI is InChI=1S/C40H25NOS/c1-2-9-29(10-3-1)41(34-13-8-16-38-40(34)32-12-5-7-15-37(32)43-38)30-22-19-26(20-23-30)28-18-17-27-21-24-36-39(33(27)25-28)31-11-4-6-14-35(31)42-36/h1-25H. The van der Waals surface area contributed by atoms with E-state index < -0.39 is 0 Å². The van der Waals surface area contributed by atoms with E-state index in [0.717, 1.165) is 27.9 Å². The van der Waals surface area contributed by atoms with Crippen LogP contribution in [0.3, 0.4) is 0 Å². The van der Waals surface area contributed by atoms with Crippen molar-refractivity contribution in [2.45, 2.75) is 0 Å². The summed E-state index contributed by atoms with van der Waals surface area (Å²) in [4.78, 5) is 2.38. The Hall–Kier alpha value is -5.38. The number of hydrogen-bond acceptors (Lipinski definition) is 3. The van der Waals surface area contributed by atoms with Crippen LogP contribution in [0, 0.1) is 0 Å². The van der Waals surface area contributed by atoms with Crippen molar-refractivity contribution >= 4 is 81.3 Å². The normalized spacial score (nSPS) is 11.7. The second kappa shape index (κ2) is 9.59. The van der Waals surface area contributed by atoms with Crippen LogP contribution in [-0.4, -0.2) is 0 Å². The van der Waals surface area contributed by atoms with E-state index in [0.29, 0.717) is 0 Å². The molecule has 0 fully saturated rings. The maximum absolute atomic E-state index is 6.18. The van der Waals surface area contributed by atoms with E-state index in [1.54, 1.807) is 0 Å². The second-order valence-electron chi connectivity index (χ2n) is 10.9. The molecule has 0 amide bonds. The molecular formula is C40H25NOS. The molecule has 2 heterocycles. The largest absolute Gasteiger partial charge is 0.456 e. The van der Waals surface area contributed by atoms with Crippen molar-refractivity contribution in [2.75, 3.05) is 4.90 Å². The van der Waals surface area contributed by atoms with Crippen LogP contribution in [0.4, 0.5) is 17.1 Å². The SMILES string of the molecule is c1ccc(N(c2ccc(-c3ccc4ccc5oc6ccccc6c5c4c3)cc2)c2cccc3sc4ccccc4c23)cc1. The maximum Gasteiger partial charge on any atom is 0.136 e. The summed E-state index contributed by atoms with van der Waals surface area (Å²) in [6.07, 6.45) is 0. The lowest BCUT2D eigenvalue weighted by Gasteiger charge is -2.26. The molecule has 0 aliphatic rings. The molecule has 0 aliphatic heterocycles. The third-order valence-corrected chi connectivity index (χ3v) is 9.59. The van der Waals surface area contributed by atoms with Gasteiger partial charge in [0.2, 0.25) is 0 Å². The Balaban J connectivity index is 1.19. The van der Waals surface area contributed by atoms with Gasteiger partial charge in [-0.15, -0.1) is 11.3 Å². The number of para-hydroxylation sites is 2. The van der Waals surface area contributed by atoms with Crippen molar-refractivity contribution in [3.63, 3.8) is 0 Å². The monoisotopic (exact) mass is 567 g/mol. The highest BCUT2D eigenvalue weighted by atomic mass is 32.1. The van der Waals surface area contributed by atoms with Gasteiger partial charge in [0.1, 0.15) is 11.2 Å². The lowest BCUT2D eigenvalue weighted by molar-refractivity contribution is 0.669. The summed E-state index contributed by atoms with van der Waals surface area (Å²) in [5, 5.41) is 7.35. The van der Waals surface area contributed by atoms with Gasteiger partial charge in [0.25, 0.3) is 0 Å². The molecule has 0 aliphatic carbocycles. The quantitative estimate of drug-likeness (QED) is 0.210. The summed E-state index contributed by atoms with van der Waals surface area (Å²) in [5.41, 5.74) is 7.68. The van der Waals surface area contributed by atoms with Crippen LogP contribution in [0.2, 0.25) is 0 Å². The van der Waals surface area contributed by atoms with Crippen molar-refractivity contribution in [1.29, 1.82) is 0 Å². The zero-order valence-electron chi connectivity index (χ0n) is 23.2. The van der Waals surface area contributed by atoms with Gasteiger partial charge in [0, 0.05) is 42.3 Å². The van der Waals surface area contributed by atoms with Crippen LogP contribution < -0.4 is 4.90 Å². The molecule has 43 heavy (non-hydrogen) atoms. The van der Waals surface area contributed by atoms with Gasteiger partial charge in [0.05, 0.1) is 5.69 Å². The molecule has 0 spiro atoms. The number of anilines is 3. The van der Waals surface area contributed by atoms with Gasteiger partial charge < -0.3 is 9.32 Å². The number of thiophene rings is 1. The fraction of sp³-hybridized carbons (Fsp3) is 0. The molecule has 0 saturated heterocycles. The molecule has 3 heteroatoms. The zero-order chi connectivity index (χ0) is 28.3. The summed E-state index contributed by atoms with van der Waals surface area (Å²) < 4.78 is 8.79. The molecule has 7 aromatic carbocycles. The van der Waals surface area contributed by atoms with E-state index in [1.807, 2.05) is 23.5 Å². The minimum absolute atomic E-state index is 0.925. The average Bonchev–Trinajstić information content (AvgIpc) is 3.65. The van der Waals surface area contributed by atoms with Crippen LogP contribution in [0.15, 0.2) is 156 Å². The first kappa shape index (κ1) is 24.2. The number of furan rings is 1. The van der Waals surface area contributed by atoms with E-state index >= 15 is 0 Å². The summed E-state index contributed by atoms with van der Waals surface area (Å²) in [6, 6.07) is 54.3. The van der Waals surface area contributed by atoms with E-state index in [-0.39, 0.29) is 0 Å². The van der Waals surface area contributed by atoms with Crippen LogP contribution >= 0.6 is 11.3 Å².